The Morgan fingerprint density at radius 2 is 1.76 bits per heavy atom. The summed E-state index contributed by atoms with van der Waals surface area (Å²) in [6.07, 6.45) is 0.557. The molecule has 3 aromatic rings. The van der Waals surface area contributed by atoms with Gasteiger partial charge in [0.15, 0.2) is 4.34 Å². The van der Waals surface area contributed by atoms with Gasteiger partial charge in [-0.05, 0) is 36.4 Å². The van der Waals surface area contributed by atoms with Gasteiger partial charge in [0.05, 0.1) is 11.4 Å². The predicted molar refractivity (Wildman–Crippen MR) is 140 cm³/mol. The first-order valence-corrected chi connectivity index (χ1v) is 13.4. The van der Waals surface area contributed by atoms with Crippen LogP contribution < -0.4 is 10.2 Å². The zero-order chi connectivity index (χ0) is 23.2. The number of rotatable bonds is 7. The van der Waals surface area contributed by atoms with Crippen LogP contribution in [0.25, 0.3) is 11.3 Å². The summed E-state index contributed by atoms with van der Waals surface area (Å²) in [5.41, 5.74) is 3.86. The highest BCUT2D eigenvalue weighted by molar-refractivity contribution is 9.10. The van der Waals surface area contributed by atoms with E-state index in [1.807, 2.05) is 65.7 Å². The molecule has 0 spiro atoms. The van der Waals surface area contributed by atoms with Gasteiger partial charge in [-0.25, -0.2) is 4.98 Å². The van der Waals surface area contributed by atoms with E-state index in [4.69, 9.17) is 0 Å². The number of thiazole rings is 1. The lowest BCUT2D eigenvalue weighted by molar-refractivity contribution is -0.131. The number of thioether (sulfide) groups is 1. The average Bonchev–Trinajstić information content (AvgIpc) is 3.32. The Morgan fingerprint density at radius 3 is 2.42 bits per heavy atom. The molecule has 1 saturated heterocycles. The SMILES string of the molecule is CCC(=O)N1CCN(c2ccc(NC(=O)CSc3nc(-c4ccc(Br)cc4)cs3)cc2)CC1. The molecule has 0 bridgehead atoms. The molecular weight excluding hydrogens is 520 g/mol. The first-order chi connectivity index (χ1) is 16.0. The minimum absolute atomic E-state index is 0.0557. The molecule has 2 heterocycles. The summed E-state index contributed by atoms with van der Waals surface area (Å²) < 4.78 is 1.91. The molecule has 6 nitrogen and oxygen atoms in total. The minimum Gasteiger partial charge on any atom is -0.368 e. The van der Waals surface area contributed by atoms with Crippen LogP contribution in [-0.4, -0.2) is 53.6 Å². The number of hydrogen-bond acceptors (Lipinski definition) is 6. The number of piperazine rings is 1. The van der Waals surface area contributed by atoms with E-state index in [9.17, 15) is 9.59 Å². The Balaban J connectivity index is 1.25. The number of aromatic nitrogens is 1. The van der Waals surface area contributed by atoms with Crippen LogP contribution in [0.1, 0.15) is 13.3 Å². The number of carbonyl (C=O) groups excluding carboxylic acids is 2. The van der Waals surface area contributed by atoms with Crippen molar-refractivity contribution >= 4 is 62.2 Å². The summed E-state index contributed by atoms with van der Waals surface area (Å²) in [6.45, 7) is 5.05. The molecule has 9 heteroatoms. The van der Waals surface area contributed by atoms with Crippen LogP contribution in [0.15, 0.2) is 62.7 Å². The largest absolute Gasteiger partial charge is 0.368 e. The van der Waals surface area contributed by atoms with Crippen LogP contribution in [0.3, 0.4) is 0 Å². The van der Waals surface area contributed by atoms with E-state index in [0.29, 0.717) is 12.2 Å². The quantitative estimate of drug-likeness (QED) is 0.405. The van der Waals surface area contributed by atoms with Gasteiger partial charge >= 0.3 is 0 Å². The first-order valence-electron chi connectivity index (χ1n) is 10.8. The zero-order valence-corrected chi connectivity index (χ0v) is 21.5. The van der Waals surface area contributed by atoms with Gasteiger partial charge in [0.2, 0.25) is 11.8 Å². The van der Waals surface area contributed by atoms with E-state index in [2.05, 4.69) is 31.1 Å². The van der Waals surface area contributed by atoms with E-state index >= 15 is 0 Å². The van der Waals surface area contributed by atoms with Crippen LogP contribution >= 0.6 is 39.0 Å². The lowest BCUT2D eigenvalue weighted by atomic mass is 10.2. The number of hydrogen-bond donors (Lipinski definition) is 1. The maximum atomic E-state index is 12.4. The van der Waals surface area contributed by atoms with Crippen LogP contribution in [0.4, 0.5) is 11.4 Å². The number of halogens is 1. The van der Waals surface area contributed by atoms with Crippen molar-refractivity contribution in [2.75, 3.05) is 42.1 Å². The molecule has 172 valence electrons. The van der Waals surface area contributed by atoms with Crippen LogP contribution in [0, 0.1) is 0 Å². The van der Waals surface area contributed by atoms with Crippen molar-refractivity contribution in [2.24, 2.45) is 0 Å². The second-order valence-electron chi connectivity index (χ2n) is 7.61. The second-order valence-corrected chi connectivity index (χ2v) is 10.6. The van der Waals surface area contributed by atoms with Crippen molar-refractivity contribution in [1.29, 1.82) is 0 Å². The minimum atomic E-state index is -0.0557. The Hall–Kier alpha value is -2.36. The lowest BCUT2D eigenvalue weighted by Crippen LogP contribution is -2.48. The lowest BCUT2D eigenvalue weighted by Gasteiger charge is -2.36. The number of nitrogens with zero attached hydrogens (tertiary/aromatic N) is 3. The molecule has 4 rings (SSSR count). The van der Waals surface area contributed by atoms with E-state index in [-0.39, 0.29) is 11.8 Å². The normalized spacial score (nSPS) is 13.8. The third-order valence-corrected chi connectivity index (χ3v) is 7.95. The van der Waals surface area contributed by atoms with Gasteiger partial charge in [0.1, 0.15) is 0 Å². The fraction of sp³-hybridized carbons (Fsp3) is 0.292. The topological polar surface area (TPSA) is 65.5 Å². The van der Waals surface area contributed by atoms with E-state index in [0.717, 1.165) is 57.6 Å². The van der Waals surface area contributed by atoms with Crippen molar-refractivity contribution in [3.05, 3.63) is 58.4 Å². The second kappa shape index (κ2) is 11.2. The highest BCUT2D eigenvalue weighted by Gasteiger charge is 2.20. The summed E-state index contributed by atoms with van der Waals surface area (Å²) in [5.74, 6) is 0.468. The third kappa shape index (κ3) is 6.37. The van der Waals surface area contributed by atoms with Gasteiger partial charge in [-0.2, -0.15) is 0 Å². The molecule has 1 aromatic heterocycles. The van der Waals surface area contributed by atoms with Crippen LogP contribution in [-0.2, 0) is 9.59 Å². The molecule has 2 amide bonds. The highest BCUT2D eigenvalue weighted by atomic mass is 79.9. The molecule has 33 heavy (non-hydrogen) atoms. The zero-order valence-electron chi connectivity index (χ0n) is 18.3. The fourth-order valence-corrected chi connectivity index (χ4v) is 5.49. The van der Waals surface area contributed by atoms with Gasteiger partial charge in [0, 0.05) is 59.4 Å². The van der Waals surface area contributed by atoms with Gasteiger partial charge in [-0.15, -0.1) is 11.3 Å². The molecule has 2 aromatic carbocycles. The Bertz CT molecular complexity index is 1090. The summed E-state index contributed by atoms with van der Waals surface area (Å²) in [5, 5.41) is 4.97. The molecule has 1 fully saturated rings. The molecule has 1 aliphatic rings. The summed E-state index contributed by atoms with van der Waals surface area (Å²) in [4.78, 5) is 33.1. The summed E-state index contributed by atoms with van der Waals surface area (Å²) >= 11 is 6.43. The van der Waals surface area contributed by atoms with Gasteiger partial charge in [0.25, 0.3) is 0 Å². The number of carbonyl (C=O) groups is 2. The number of nitrogens with one attached hydrogen (secondary N) is 1. The van der Waals surface area contributed by atoms with Crippen molar-refractivity contribution < 1.29 is 9.59 Å². The van der Waals surface area contributed by atoms with Gasteiger partial charge < -0.3 is 15.1 Å². The fourth-order valence-electron chi connectivity index (χ4n) is 3.59. The Morgan fingerprint density at radius 1 is 1.06 bits per heavy atom. The van der Waals surface area contributed by atoms with Gasteiger partial charge in [-0.1, -0.05) is 46.7 Å². The van der Waals surface area contributed by atoms with E-state index in [1.54, 1.807) is 11.3 Å². The van der Waals surface area contributed by atoms with Crippen LogP contribution in [0.2, 0.25) is 0 Å². The Kier molecular flexibility index (Phi) is 8.06. The average molecular weight is 546 g/mol. The standard InChI is InChI=1S/C24H25BrN4O2S2/c1-2-23(31)29-13-11-28(12-14-29)20-9-7-19(8-10-20)26-22(30)16-33-24-27-21(15-32-24)17-3-5-18(25)6-4-17/h3-10,15H,2,11-14,16H2,1H3,(H,26,30). The summed E-state index contributed by atoms with van der Waals surface area (Å²) in [6, 6.07) is 15.9. The predicted octanol–water partition coefficient (Wildman–Crippen LogP) is 5.36. The summed E-state index contributed by atoms with van der Waals surface area (Å²) in [7, 11) is 0. The van der Waals surface area contributed by atoms with Crippen molar-refractivity contribution in [3.63, 3.8) is 0 Å². The molecular formula is C24H25BrN4O2S2. The monoisotopic (exact) mass is 544 g/mol. The number of anilines is 2. The Labute approximate surface area is 210 Å². The molecule has 0 saturated carbocycles. The number of amides is 2. The molecule has 0 aliphatic carbocycles. The molecule has 1 aliphatic heterocycles. The molecule has 0 unspecified atom stereocenters. The van der Waals surface area contributed by atoms with Crippen molar-refractivity contribution in [1.82, 2.24) is 9.88 Å². The molecule has 1 N–H and O–H groups in total. The highest BCUT2D eigenvalue weighted by Crippen LogP contribution is 2.29. The van der Waals surface area contributed by atoms with E-state index in [1.165, 1.54) is 11.8 Å². The smallest absolute Gasteiger partial charge is 0.234 e. The molecule has 0 atom stereocenters. The maximum absolute atomic E-state index is 12.4. The van der Waals surface area contributed by atoms with Gasteiger partial charge in [-0.3, -0.25) is 9.59 Å². The first kappa shape index (κ1) is 23.8. The van der Waals surface area contributed by atoms with E-state index < -0.39 is 0 Å². The van der Waals surface area contributed by atoms with Crippen molar-refractivity contribution in [3.8, 4) is 11.3 Å². The molecule has 0 radical (unpaired) electrons. The number of benzene rings is 2. The van der Waals surface area contributed by atoms with Crippen molar-refractivity contribution in [2.45, 2.75) is 17.7 Å². The maximum Gasteiger partial charge on any atom is 0.234 e. The third-order valence-electron chi connectivity index (χ3n) is 5.40. The van der Waals surface area contributed by atoms with Crippen LogP contribution in [0.5, 0.6) is 0 Å².